The van der Waals surface area contributed by atoms with Crippen LogP contribution in [0.25, 0.3) is 10.2 Å². The molecule has 0 bridgehead atoms. The van der Waals surface area contributed by atoms with Gasteiger partial charge in [-0.15, -0.1) is 11.3 Å². The van der Waals surface area contributed by atoms with E-state index in [1.165, 1.54) is 11.3 Å². The minimum atomic E-state index is -0.673. The minimum Gasteiger partial charge on any atom is -0.435 e. The number of halogens is 2. The standard InChI is InChI=1S/C14H11F2N3OS/c1-2-8-6-9-12(18-14(17)19-13(9)21-8)20-11-5-7(15)3-4-10(11)16/h3-6H,2H2,1H3,(H2,17,18,19). The van der Waals surface area contributed by atoms with E-state index in [4.69, 9.17) is 10.5 Å². The van der Waals surface area contributed by atoms with E-state index < -0.39 is 11.6 Å². The van der Waals surface area contributed by atoms with Crippen LogP contribution in [0.1, 0.15) is 11.8 Å². The summed E-state index contributed by atoms with van der Waals surface area (Å²) in [5, 5.41) is 0.634. The number of nitrogens with two attached hydrogens (primary N) is 1. The van der Waals surface area contributed by atoms with E-state index in [9.17, 15) is 8.78 Å². The van der Waals surface area contributed by atoms with E-state index in [1.54, 1.807) is 0 Å². The zero-order valence-electron chi connectivity index (χ0n) is 11.1. The predicted octanol–water partition coefficient (Wildman–Crippen LogP) is 3.91. The first-order valence-electron chi connectivity index (χ1n) is 6.25. The van der Waals surface area contributed by atoms with Gasteiger partial charge in [-0.25, -0.2) is 13.8 Å². The van der Waals surface area contributed by atoms with Gasteiger partial charge in [-0.05, 0) is 24.6 Å². The molecule has 3 aromatic rings. The fourth-order valence-electron chi connectivity index (χ4n) is 1.87. The maximum absolute atomic E-state index is 13.7. The lowest BCUT2D eigenvalue weighted by Crippen LogP contribution is -1.98. The van der Waals surface area contributed by atoms with Crippen LogP contribution in [0.5, 0.6) is 11.6 Å². The summed E-state index contributed by atoms with van der Waals surface area (Å²) in [6.45, 7) is 2.01. The quantitative estimate of drug-likeness (QED) is 0.797. The third-order valence-corrected chi connectivity index (χ3v) is 4.05. The van der Waals surface area contributed by atoms with E-state index in [1.807, 2.05) is 13.0 Å². The van der Waals surface area contributed by atoms with Crippen molar-refractivity contribution in [3.05, 3.63) is 40.8 Å². The van der Waals surface area contributed by atoms with Crippen LogP contribution in [0.2, 0.25) is 0 Å². The molecule has 0 aliphatic heterocycles. The van der Waals surface area contributed by atoms with Crippen LogP contribution in [0.4, 0.5) is 14.7 Å². The Morgan fingerprint density at radius 2 is 2.05 bits per heavy atom. The predicted molar refractivity (Wildman–Crippen MR) is 77.6 cm³/mol. The SMILES string of the molecule is CCc1cc2c(Oc3cc(F)ccc3F)nc(N)nc2s1. The number of ether oxygens (including phenoxy) is 1. The topological polar surface area (TPSA) is 61.0 Å². The molecule has 0 amide bonds. The zero-order valence-corrected chi connectivity index (χ0v) is 11.9. The Hall–Kier alpha value is -2.28. The Bertz CT molecular complexity index is 819. The second-order valence-corrected chi connectivity index (χ2v) is 5.46. The van der Waals surface area contributed by atoms with E-state index >= 15 is 0 Å². The van der Waals surface area contributed by atoms with Crippen LogP contribution in [0.3, 0.4) is 0 Å². The van der Waals surface area contributed by atoms with Gasteiger partial charge in [0.15, 0.2) is 11.6 Å². The average Bonchev–Trinajstić information content (AvgIpc) is 2.86. The van der Waals surface area contributed by atoms with Crippen LogP contribution in [-0.4, -0.2) is 9.97 Å². The van der Waals surface area contributed by atoms with Crippen molar-refractivity contribution < 1.29 is 13.5 Å². The van der Waals surface area contributed by atoms with Gasteiger partial charge in [0, 0.05) is 10.9 Å². The fraction of sp³-hybridized carbons (Fsp3) is 0.143. The maximum atomic E-state index is 13.7. The highest BCUT2D eigenvalue weighted by Crippen LogP contribution is 2.34. The van der Waals surface area contributed by atoms with Gasteiger partial charge in [0.2, 0.25) is 11.8 Å². The number of nitrogens with zero attached hydrogens (tertiary/aromatic N) is 2. The summed E-state index contributed by atoms with van der Waals surface area (Å²) in [6.07, 6.45) is 0.828. The highest BCUT2D eigenvalue weighted by Gasteiger charge is 2.14. The Balaban J connectivity index is 2.11. The van der Waals surface area contributed by atoms with Gasteiger partial charge in [0.25, 0.3) is 0 Å². The van der Waals surface area contributed by atoms with Crippen molar-refractivity contribution in [2.45, 2.75) is 13.3 Å². The minimum absolute atomic E-state index is 0.0267. The van der Waals surface area contributed by atoms with Crippen LogP contribution in [0, 0.1) is 11.6 Å². The lowest BCUT2D eigenvalue weighted by molar-refractivity contribution is 0.427. The van der Waals surface area contributed by atoms with E-state index in [0.29, 0.717) is 10.2 Å². The van der Waals surface area contributed by atoms with Crippen molar-refractivity contribution >= 4 is 27.5 Å². The molecule has 0 aliphatic rings. The number of thiophene rings is 1. The first-order valence-corrected chi connectivity index (χ1v) is 7.07. The number of rotatable bonds is 3. The van der Waals surface area contributed by atoms with Crippen molar-refractivity contribution in [2.75, 3.05) is 5.73 Å². The van der Waals surface area contributed by atoms with Gasteiger partial charge < -0.3 is 10.5 Å². The molecule has 7 heteroatoms. The third kappa shape index (κ3) is 2.64. The lowest BCUT2D eigenvalue weighted by Gasteiger charge is -2.07. The fourth-order valence-corrected chi connectivity index (χ4v) is 2.84. The molecule has 2 aromatic heterocycles. The monoisotopic (exact) mass is 307 g/mol. The van der Waals surface area contributed by atoms with Gasteiger partial charge >= 0.3 is 0 Å². The number of aryl methyl sites for hydroxylation is 1. The van der Waals surface area contributed by atoms with Crippen LogP contribution in [-0.2, 0) is 6.42 Å². The number of anilines is 1. The van der Waals surface area contributed by atoms with Crippen LogP contribution < -0.4 is 10.5 Å². The van der Waals surface area contributed by atoms with Gasteiger partial charge in [0.05, 0.1) is 5.39 Å². The molecule has 21 heavy (non-hydrogen) atoms. The molecule has 4 nitrogen and oxygen atoms in total. The smallest absolute Gasteiger partial charge is 0.233 e. The number of hydrogen-bond donors (Lipinski definition) is 1. The van der Waals surface area contributed by atoms with E-state index in [-0.39, 0.29) is 17.6 Å². The highest BCUT2D eigenvalue weighted by molar-refractivity contribution is 7.18. The molecular weight excluding hydrogens is 296 g/mol. The molecule has 0 radical (unpaired) electrons. The summed E-state index contributed by atoms with van der Waals surface area (Å²) in [5.74, 6) is -1.35. The molecule has 0 saturated heterocycles. The summed E-state index contributed by atoms with van der Waals surface area (Å²) < 4.78 is 32.3. The molecule has 0 fully saturated rings. The lowest BCUT2D eigenvalue weighted by atomic mass is 10.3. The summed E-state index contributed by atoms with van der Waals surface area (Å²) in [6, 6.07) is 4.85. The second kappa shape index (κ2) is 5.25. The van der Waals surface area contributed by atoms with Crippen LogP contribution in [0.15, 0.2) is 24.3 Å². The average molecular weight is 307 g/mol. The number of fused-ring (bicyclic) bond motifs is 1. The van der Waals surface area contributed by atoms with Crippen molar-refractivity contribution in [3.63, 3.8) is 0 Å². The largest absolute Gasteiger partial charge is 0.435 e. The summed E-state index contributed by atoms with van der Waals surface area (Å²) in [5.41, 5.74) is 5.63. The second-order valence-electron chi connectivity index (χ2n) is 4.35. The van der Waals surface area contributed by atoms with E-state index in [2.05, 4.69) is 9.97 Å². The van der Waals surface area contributed by atoms with Crippen LogP contribution >= 0.6 is 11.3 Å². The number of hydrogen-bond acceptors (Lipinski definition) is 5. The molecule has 0 unspecified atom stereocenters. The molecule has 2 N–H and O–H groups in total. The van der Waals surface area contributed by atoms with Gasteiger partial charge in [0.1, 0.15) is 10.6 Å². The molecular formula is C14H11F2N3OS. The highest BCUT2D eigenvalue weighted by atomic mass is 32.1. The molecule has 0 atom stereocenters. The summed E-state index contributed by atoms with van der Waals surface area (Å²) in [4.78, 5) is 9.84. The van der Waals surface area contributed by atoms with E-state index in [0.717, 1.165) is 29.5 Å². The Morgan fingerprint density at radius 3 is 2.81 bits per heavy atom. The summed E-state index contributed by atoms with van der Waals surface area (Å²) in [7, 11) is 0. The molecule has 0 aliphatic carbocycles. The maximum Gasteiger partial charge on any atom is 0.233 e. The van der Waals surface area contributed by atoms with Crippen molar-refractivity contribution in [3.8, 4) is 11.6 Å². The summed E-state index contributed by atoms with van der Waals surface area (Å²) >= 11 is 1.46. The number of nitrogen functional groups attached to an aromatic ring is 1. The Morgan fingerprint density at radius 1 is 1.24 bits per heavy atom. The van der Waals surface area contributed by atoms with Gasteiger partial charge in [-0.2, -0.15) is 4.98 Å². The zero-order chi connectivity index (χ0) is 15.0. The first kappa shape index (κ1) is 13.7. The Kier molecular flexibility index (Phi) is 3.42. The van der Waals surface area contributed by atoms with Crippen molar-refractivity contribution in [1.82, 2.24) is 9.97 Å². The van der Waals surface area contributed by atoms with Crippen molar-refractivity contribution in [2.24, 2.45) is 0 Å². The molecule has 108 valence electrons. The normalized spacial score (nSPS) is 11.0. The number of aromatic nitrogens is 2. The molecule has 2 heterocycles. The van der Waals surface area contributed by atoms with Crippen molar-refractivity contribution in [1.29, 1.82) is 0 Å². The van der Waals surface area contributed by atoms with Gasteiger partial charge in [-0.1, -0.05) is 6.92 Å². The number of benzene rings is 1. The molecule has 0 saturated carbocycles. The molecule has 0 spiro atoms. The molecule has 3 rings (SSSR count). The van der Waals surface area contributed by atoms with Gasteiger partial charge in [-0.3, -0.25) is 0 Å². The molecule has 1 aromatic carbocycles. The third-order valence-electron chi connectivity index (χ3n) is 2.87. The Labute approximate surface area is 123 Å². The first-order chi connectivity index (χ1) is 10.1.